The number of methoxy groups -OCH3 is 1. The van der Waals surface area contributed by atoms with Crippen molar-refractivity contribution >= 4 is 40.3 Å². The maximum atomic E-state index is 5.86. The molecule has 0 aliphatic heterocycles. The fourth-order valence-electron chi connectivity index (χ4n) is 1.75. The van der Waals surface area contributed by atoms with E-state index in [1.54, 1.807) is 7.11 Å². The molecule has 6 heteroatoms. The van der Waals surface area contributed by atoms with Crippen molar-refractivity contribution in [2.75, 3.05) is 12.4 Å². The van der Waals surface area contributed by atoms with Crippen LogP contribution in [0.2, 0.25) is 5.02 Å². The van der Waals surface area contributed by atoms with Gasteiger partial charge in [0, 0.05) is 16.8 Å². The van der Waals surface area contributed by atoms with Crippen molar-refractivity contribution in [3.05, 3.63) is 59.1 Å². The summed E-state index contributed by atoms with van der Waals surface area (Å²) in [4.78, 5) is 0. The second-order valence-electron chi connectivity index (χ2n) is 4.50. The number of hydrogen-bond acceptors (Lipinski definition) is 3. The number of nitrogens with one attached hydrogen (secondary N) is 2. The number of ether oxygens (including phenoxy) is 1. The molecule has 0 radical (unpaired) electrons. The minimum atomic E-state index is 0.404. The number of benzene rings is 2. The molecule has 0 unspecified atom stereocenters. The zero-order chi connectivity index (χ0) is 15.9. The van der Waals surface area contributed by atoms with E-state index in [0.29, 0.717) is 10.1 Å². The molecule has 2 aromatic rings. The topological polar surface area (TPSA) is 45.6 Å². The highest BCUT2D eigenvalue weighted by atomic mass is 35.5. The molecule has 2 rings (SSSR count). The number of hydrazone groups is 1. The first kappa shape index (κ1) is 16.3. The normalized spacial score (nSPS) is 11.0. The highest BCUT2D eigenvalue weighted by Gasteiger charge is 2.00. The fourth-order valence-corrected chi connectivity index (χ4v) is 2.04. The van der Waals surface area contributed by atoms with Crippen molar-refractivity contribution in [2.24, 2.45) is 5.10 Å². The number of rotatable bonds is 4. The van der Waals surface area contributed by atoms with Gasteiger partial charge in [0.1, 0.15) is 5.75 Å². The van der Waals surface area contributed by atoms with Crippen LogP contribution in [0, 0.1) is 0 Å². The van der Waals surface area contributed by atoms with Crippen LogP contribution >= 0.6 is 23.8 Å². The van der Waals surface area contributed by atoms with Gasteiger partial charge in [-0.15, -0.1) is 0 Å². The molecule has 0 saturated carbocycles. The van der Waals surface area contributed by atoms with E-state index in [1.165, 1.54) is 0 Å². The lowest BCUT2D eigenvalue weighted by Crippen LogP contribution is -2.24. The Labute approximate surface area is 140 Å². The van der Waals surface area contributed by atoms with Crippen molar-refractivity contribution in [3.8, 4) is 5.75 Å². The van der Waals surface area contributed by atoms with Gasteiger partial charge in [0.15, 0.2) is 5.11 Å². The number of hydrogen-bond donors (Lipinski definition) is 2. The lowest BCUT2D eigenvalue weighted by atomic mass is 10.1. The molecule has 0 heterocycles. The van der Waals surface area contributed by atoms with E-state index < -0.39 is 0 Å². The number of nitrogens with zero attached hydrogens (tertiary/aromatic N) is 1. The number of halogens is 1. The van der Waals surface area contributed by atoms with Crippen LogP contribution in [0.1, 0.15) is 12.5 Å². The molecular weight excluding hydrogens is 318 g/mol. The van der Waals surface area contributed by atoms with Gasteiger partial charge in [0.2, 0.25) is 0 Å². The van der Waals surface area contributed by atoms with E-state index in [1.807, 2.05) is 55.5 Å². The molecule has 0 fully saturated rings. The monoisotopic (exact) mass is 333 g/mol. The predicted octanol–water partition coefficient (Wildman–Crippen LogP) is 4.06. The van der Waals surface area contributed by atoms with Crippen LogP contribution in [0.3, 0.4) is 0 Å². The first-order valence-electron chi connectivity index (χ1n) is 6.60. The van der Waals surface area contributed by atoms with Crippen LogP contribution in [0.4, 0.5) is 5.69 Å². The van der Waals surface area contributed by atoms with Crippen molar-refractivity contribution in [1.29, 1.82) is 0 Å². The Hall–Kier alpha value is -2.11. The molecule has 0 aliphatic carbocycles. The van der Waals surface area contributed by atoms with E-state index in [9.17, 15) is 0 Å². The zero-order valence-electron chi connectivity index (χ0n) is 12.3. The minimum absolute atomic E-state index is 0.404. The second kappa shape index (κ2) is 7.77. The maximum Gasteiger partial charge on any atom is 0.191 e. The number of thiocarbonyl (C=S) groups is 1. The summed E-state index contributed by atoms with van der Waals surface area (Å²) >= 11 is 11.1. The molecule has 0 atom stereocenters. The summed E-state index contributed by atoms with van der Waals surface area (Å²) < 4.78 is 5.16. The molecule has 0 aliphatic rings. The van der Waals surface area contributed by atoms with E-state index >= 15 is 0 Å². The number of anilines is 1. The Kier molecular flexibility index (Phi) is 5.75. The van der Waals surface area contributed by atoms with Gasteiger partial charge in [-0.1, -0.05) is 29.8 Å². The standard InChI is InChI=1S/C16H16ClN3OS/c1-11(12-6-8-13(17)9-7-12)19-20-16(22)18-14-4-3-5-15(10-14)21-2/h3-10H,1-2H3,(H2,18,20,22)/b19-11+. The predicted molar refractivity (Wildman–Crippen MR) is 96.0 cm³/mol. The SMILES string of the molecule is COc1cccc(NC(=S)N/N=C(\C)c2ccc(Cl)cc2)c1. The maximum absolute atomic E-state index is 5.86. The summed E-state index contributed by atoms with van der Waals surface area (Å²) in [5, 5.41) is 8.39. The molecule has 0 bridgehead atoms. The van der Waals surface area contributed by atoms with E-state index in [2.05, 4.69) is 15.8 Å². The lowest BCUT2D eigenvalue weighted by molar-refractivity contribution is 0.415. The van der Waals surface area contributed by atoms with Gasteiger partial charge in [-0.05, 0) is 49.0 Å². The van der Waals surface area contributed by atoms with Gasteiger partial charge >= 0.3 is 0 Å². The second-order valence-corrected chi connectivity index (χ2v) is 5.35. The first-order chi connectivity index (χ1) is 10.6. The van der Waals surface area contributed by atoms with Gasteiger partial charge in [-0.3, -0.25) is 5.43 Å². The zero-order valence-corrected chi connectivity index (χ0v) is 13.8. The minimum Gasteiger partial charge on any atom is -0.497 e. The van der Waals surface area contributed by atoms with Crippen molar-refractivity contribution in [2.45, 2.75) is 6.92 Å². The summed E-state index contributed by atoms with van der Waals surface area (Å²) in [6.45, 7) is 1.89. The molecule has 0 amide bonds. The third-order valence-electron chi connectivity index (χ3n) is 2.91. The fraction of sp³-hybridized carbons (Fsp3) is 0.125. The van der Waals surface area contributed by atoms with Crippen molar-refractivity contribution < 1.29 is 4.74 Å². The summed E-state index contributed by atoms with van der Waals surface area (Å²) in [5.74, 6) is 0.758. The molecule has 0 spiro atoms. The van der Waals surface area contributed by atoms with Gasteiger partial charge in [-0.2, -0.15) is 5.10 Å². The van der Waals surface area contributed by atoms with Crippen LogP contribution in [0.15, 0.2) is 53.6 Å². The average molecular weight is 334 g/mol. The van der Waals surface area contributed by atoms with Crippen LogP contribution in [0.25, 0.3) is 0 Å². The highest BCUT2D eigenvalue weighted by molar-refractivity contribution is 7.80. The highest BCUT2D eigenvalue weighted by Crippen LogP contribution is 2.16. The van der Waals surface area contributed by atoms with Gasteiger partial charge < -0.3 is 10.1 Å². The Morgan fingerprint density at radius 1 is 1.18 bits per heavy atom. The van der Waals surface area contributed by atoms with Crippen LogP contribution in [-0.4, -0.2) is 17.9 Å². The molecule has 22 heavy (non-hydrogen) atoms. The van der Waals surface area contributed by atoms with E-state index in [0.717, 1.165) is 22.7 Å². The van der Waals surface area contributed by atoms with Crippen LogP contribution in [0.5, 0.6) is 5.75 Å². The van der Waals surface area contributed by atoms with Crippen LogP contribution in [-0.2, 0) is 0 Å². The molecular formula is C16H16ClN3OS. The third-order valence-corrected chi connectivity index (χ3v) is 3.36. The quantitative estimate of drug-likeness (QED) is 0.503. The first-order valence-corrected chi connectivity index (χ1v) is 7.38. The third kappa shape index (κ3) is 4.72. The Bertz CT molecular complexity index is 686. The smallest absolute Gasteiger partial charge is 0.191 e. The summed E-state index contributed by atoms with van der Waals surface area (Å²) in [7, 11) is 1.62. The van der Waals surface area contributed by atoms with E-state index in [-0.39, 0.29) is 0 Å². The summed E-state index contributed by atoms with van der Waals surface area (Å²) in [6.07, 6.45) is 0. The Balaban J connectivity index is 1.96. The molecule has 0 saturated heterocycles. The average Bonchev–Trinajstić information content (AvgIpc) is 2.53. The van der Waals surface area contributed by atoms with Crippen molar-refractivity contribution in [1.82, 2.24) is 5.43 Å². The Morgan fingerprint density at radius 2 is 1.91 bits per heavy atom. The van der Waals surface area contributed by atoms with E-state index in [4.69, 9.17) is 28.6 Å². The Morgan fingerprint density at radius 3 is 2.59 bits per heavy atom. The lowest BCUT2D eigenvalue weighted by Gasteiger charge is -2.09. The molecule has 4 nitrogen and oxygen atoms in total. The largest absolute Gasteiger partial charge is 0.497 e. The van der Waals surface area contributed by atoms with Gasteiger partial charge in [0.05, 0.1) is 12.8 Å². The summed E-state index contributed by atoms with van der Waals surface area (Å²) in [6, 6.07) is 14.9. The molecule has 0 aromatic heterocycles. The van der Waals surface area contributed by atoms with Crippen molar-refractivity contribution in [3.63, 3.8) is 0 Å². The van der Waals surface area contributed by atoms with Gasteiger partial charge in [0.25, 0.3) is 0 Å². The molecule has 2 N–H and O–H groups in total. The molecule has 2 aromatic carbocycles. The summed E-state index contributed by atoms with van der Waals surface area (Å²) in [5.41, 5.74) is 5.43. The van der Waals surface area contributed by atoms with Gasteiger partial charge in [-0.25, -0.2) is 0 Å². The molecule has 114 valence electrons. The van der Waals surface area contributed by atoms with Crippen LogP contribution < -0.4 is 15.5 Å².